The van der Waals surface area contributed by atoms with Crippen molar-refractivity contribution in [1.82, 2.24) is 0 Å². The predicted octanol–water partition coefficient (Wildman–Crippen LogP) is 1.51. The van der Waals surface area contributed by atoms with Crippen LogP contribution in [-0.2, 0) is 0 Å². The van der Waals surface area contributed by atoms with E-state index >= 15 is 0 Å². The molecule has 0 aromatic heterocycles. The van der Waals surface area contributed by atoms with Gasteiger partial charge in [0.05, 0.1) is 0 Å². The molecule has 1 rings (SSSR count). The highest BCUT2D eigenvalue weighted by atomic mass is 16.3. The van der Waals surface area contributed by atoms with Crippen molar-refractivity contribution in [1.29, 1.82) is 0 Å². The molecule has 0 amide bonds. The first-order valence-electron chi connectivity index (χ1n) is 4.06. The average Bonchev–Trinajstić information content (AvgIpc) is 2.26. The first-order chi connectivity index (χ1) is 6.24. The summed E-state index contributed by atoms with van der Waals surface area (Å²) in [5.74, 6) is 5.43. The van der Waals surface area contributed by atoms with E-state index in [0.717, 1.165) is 6.42 Å². The molecule has 1 N–H and O–H groups in total. The molecular weight excluding hydrogens is 164 g/mol. The fourth-order valence-electron chi connectivity index (χ4n) is 0.857. The zero-order valence-electron chi connectivity index (χ0n) is 7.37. The van der Waals surface area contributed by atoms with E-state index in [1.807, 2.05) is 6.92 Å². The molecule has 0 radical (unpaired) electrons. The van der Waals surface area contributed by atoms with Gasteiger partial charge >= 0.3 is 0 Å². The Morgan fingerprint density at radius 1 is 1.46 bits per heavy atom. The lowest BCUT2D eigenvalue weighted by molar-refractivity contribution is 0.471. The third-order valence-corrected chi connectivity index (χ3v) is 1.48. The highest BCUT2D eigenvalue weighted by Crippen LogP contribution is 1.99. The molecule has 0 unspecified atom stereocenters. The van der Waals surface area contributed by atoms with E-state index in [9.17, 15) is 4.79 Å². The van der Waals surface area contributed by atoms with Gasteiger partial charge < -0.3 is 5.11 Å². The second-order valence-electron chi connectivity index (χ2n) is 2.53. The van der Waals surface area contributed by atoms with E-state index in [1.165, 1.54) is 12.1 Å². The van der Waals surface area contributed by atoms with Crippen LogP contribution in [0.2, 0.25) is 0 Å². The van der Waals surface area contributed by atoms with Gasteiger partial charge in [-0.15, -0.1) is 0 Å². The molecule has 0 aliphatic carbocycles. The molecule has 0 aliphatic rings. The van der Waals surface area contributed by atoms with Crippen LogP contribution in [0.25, 0.3) is 0 Å². The Hall–Kier alpha value is -1.75. The number of rotatable bonds is 0. The molecular formula is C11H10O2. The largest absolute Gasteiger partial charge is 0.504 e. The van der Waals surface area contributed by atoms with E-state index in [2.05, 4.69) is 11.8 Å². The van der Waals surface area contributed by atoms with Gasteiger partial charge in [0.1, 0.15) is 0 Å². The van der Waals surface area contributed by atoms with Crippen LogP contribution >= 0.6 is 0 Å². The summed E-state index contributed by atoms with van der Waals surface area (Å²) < 4.78 is 0. The summed E-state index contributed by atoms with van der Waals surface area (Å²) in [6, 6.07) is 6.00. The maximum atomic E-state index is 11.1. The summed E-state index contributed by atoms with van der Waals surface area (Å²) in [5.41, 5.74) is 0.234. The summed E-state index contributed by atoms with van der Waals surface area (Å²) in [4.78, 5) is 11.1. The topological polar surface area (TPSA) is 37.3 Å². The van der Waals surface area contributed by atoms with Gasteiger partial charge in [0.2, 0.25) is 5.43 Å². The summed E-state index contributed by atoms with van der Waals surface area (Å²) in [5, 5.41) is 9.07. The Bertz CT molecular complexity index is 410. The van der Waals surface area contributed by atoms with E-state index in [1.54, 1.807) is 12.1 Å². The van der Waals surface area contributed by atoms with Crippen molar-refractivity contribution >= 4 is 0 Å². The van der Waals surface area contributed by atoms with Crippen LogP contribution in [0.1, 0.15) is 18.9 Å². The van der Waals surface area contributed by atoms with Crippen LogP contribution in [0.3, 0.4) is 0 Å². The first kappa shape index (κ1) is 9.34. The molecule has 0 bridgehead atoms. The maximum Gasteiger partial charge on any atom is 0.221 e. The van der Waals surface area contributed by atoms with E-state index in [0.29, 0.717) is 5.56 Å². The molecule has 0 fully saturated rings. The third kappa shape index (κ3) is 2.64. The van der Waals surface area contributed by atoms with Crippen molar-refractivity contribution in [2.75, 3.05) is 0 Å². The molecule has 0 aliphatic heterocycles. The minimum absolute atomic E-state index is 0.246. The minimum Gasteiger partial charge on any atom is -0.504 e. The van der Waals surface area contributed by atoms with Crippen molar-refractivity contribution in [2.24, 2.45) is 0 Å². The molecule has 2 heteroatoms. The standard InChI is InChI=1S/C11H10O2/c1-2-3-5-9-6-4-7-10(12)11(13)8-9/h4,6-8H,2H2,1H3,(H,12,13). The van der Waals surface area contributed by atoms with E-state index in [4.69, 9.17) is 5.11 Å². The van der Waals surface area contributed by atoms with Crippen molar-refractivity contribution in [2.45, 2.75) is 13.3 Å². The van der Waals surface area contributed by atoms with Gasteiger partial charge in [0.25, 0.3) is 0 Å². The molecule has 66 valence electrons. The van der Waals surface area contributed by atoms with Crippen molar-refractivity contribution < 1.29 is 5.11 Å². The monoisotopic (exact) mass is 174 g/mol. The van der Waals surface area contributed by atoms with Crippen molar-refractivity contribution in [3.8, 4) is 17.6 Å². The van der Waals surface area contributed by atoms with Gasteiger partial charge in [0, 0.05) is 18.1 Å². The normalized spacial score (nSPS) is 8.69. The van der Waals surface area contributed by atoms with Gasteiger partial charge in [-0.1, -0.05) is 24.8 Å². The average molecular weight is 174 g/mol. The predicted molar refractivity (Wildman–Crippen MR) is 51.5 cm³/mol. The Morgan fingerprint density at radius 2 is 2.23 bits per heavy atom. The fraction of sp³-hybridized carbons (Fsp3) is 0.182. The van der Waals surface area contributed by atoms with E-state index < -0.39 is 5.43 Å². The van der Waals surface area contributed by atoms with Crippen LogP contribution in [0.5, 0.6) is 5.75 Å². The summed E-state index contributed by atoms with van der Waals surface area (Å²) in [6.45, 7) is 1.94. The third-order valence-electron chi connectivity index (χ3n) is 1.48. The number of aromatic hydroxyl groups is 1. The lowest BCUT2D eigenvalue weighted by atomic mass is 10.3. The summed E-state index contributed by atoms with van der Waals surface area (Å²) in [6.07, 6.45) is 0.749. The number of hydrogen-bond acceptors (Lipinski definition) is 2. The SMILES string of the molecule is CCC#Cc1cccc(O)c(=O)c1. The molecule has 0 spiro atoms. The Labute approximate surface area is 76.9 Å². The smallest absolute Gasteiger partial charge is 0.221 e. The van der Waals surface area contributed by atoms with Crippen LogP contribution in [0, 0.1) is 11.8 Å². The van der Waals surface area contributed by atoms with Crippen LogP contribution in [-0.4, -0.2) is 5.11 Å². The zero-order valence-corrected chi connectivity index (χ0v) is 7.37. The lowest BCUT2D eigenvalue weighted by Gasteiger charge is -1.79. The maximum absolute atomic E-state index is 11.1. The molecule has 13 heavy (non-hydrogen) atoms. The second-order valence-corrected chi connectivity index (χ2v) is 2.53. The molecule has 2 nitrogen and oxygen atoms in total. The van der Waals surface area contributed by atoms with Gasteiger partial charge in [-0.05, 0) is 12.1 Å². The quantitative estimate of drug-likeness (QED) is 0.605. The van der Waals surface area contributed by atoms with Crippen molar-refractivity contribution in [3.63, 3.8) is 0 Å². The van der Waals surface area contributed by atoms with Gasteiger partial charge in [-0.3, -0.25) is 4.79 Å². The highest BCUT2D eigenvalue weighted by molar-refractivity contribution is 5.35. The van der Waals surface area contributed by atoms with Gasteiger partial charge in [-0.25, -0.2) is 0 Å². The molecule has 0 saturated carbocycles. The Kier molecular flexibility index (Phi) is 3.10. The van der Waals surface area contributed by atoms with Crippen LogP contribution in [0.4, 0.5) is 0 Å². The van der Waals surface area contributed by atoms with Gasteiger partial charge in [-0.2, -0.15) is 0 Å². The fourth-order valence-corrected chi connectivity index (χ4v) is 0.857. The number of hydrogen-bond donors (Lipinski definition) is 1. The Morgan fingerprint density at radius 3 is 2.92 bits per heavy atom. The summed E-state index contributed by atoms with van der Waals surface area (Å²) >= 11 is 0. The molecule has 1 aromatic carbocycles. The lowest BCUT2D eigenvalue weighted by Crippen LogP contribution is -1.93. The first-order valence-corrected chi connectivity index (χ1v) is 4.06. The van der Waals surface area contributed by atoms with Crippen LogP contribution in [0.15, 0.2) is 29.1 Å². The molecule has 0 atom stereocenters. The molecule has 1 aromatic rings. The summed E-state index contributed by atoms with van der Waals surface area (Å²) in [7, 11) is 0. The van der Waals surface area contributed by atoms with Crippen molar-refractivity contribution in [3.05, 3.63) is 40.1 Å². The minimum atomic E-state index is -0.398. The Balaban J connectivity index is 3.22. The van der Waals surface area contributed by atoms with Crippen LogP contribution < -0.4 is 5.43 Å². The van der Waals surface area contributed by atoms with Gasteiger partial charge in [0.15, 0.2) is 5.75 Å². The zero-order chi connectivity index (χ0) is 9.68. The highest BCUT2D eigenvalue weighted by Gasteiger charge is 1.92. The second kappa shape index (κ2) is 4.32. The molecule has 0 heterocycles. The van der Waals surface area contributed by atoms with E-state index in [-0.39, 0.29) is 5.75 Å². The molecule has 0 saturated heterocycles.